The Labute approximate surface area is 116 Å². The lowest BCUT2D eigenvalue weighted by molar-refractivity contribution is -0.201. The molecule has 0 amide bonds. The van der Waals surface area contributed by atoms with Gasteiger partial charge in [0.15, 0.2) is 5.76 Å². The summed E-state index contributed by atoms with van der Waals surface area (Å²) >= 11 is 0. The van der Waals surface area contributed by atoms with Gasteiger partial charge in [-0.1, -0.05) is 36.4 Å². The fourth-order valence-electron chi connectivity index (χ4n) is 1.80. The molecular weight excluding hydrogens is 260 g/mol. The van der Waals surface area contributed by atoms with Crippen LogP contribution in [0.4, 0.5) is 0 Å². The van der Waals surface area contributed by atoms with Crippen molar-refractivity contribution in [3.05, 3.63) is 53.8 Å². The summed E-state index contributed by atoms with van der Waals surface area (Å²) in [5.74, 6) is -3.14. The van der Waals surface area contributed by atoms with E-state index in [2.05, 4.69) is 0 Å². The second-order valence-corrected chi connectivity index (χ2v) is 4.08. The first-order valence-corrected chi connectivity index (χ1v) is 5.94. The summed E-state index contributed by atoms with van der Waals surface area (Å²) in [5.41, 5.74) is 0.848. The molecule has 0 N–H and O–H groups in total. The van der Waals surface area contributed by atoms with Gasteiger partial charge in [-0.25, -0.2) is 4.79 Å². The van der Waals surface area contributed by atoms with Crippen LogP contribution in [0, 0.1) is 0 Å². The molecule has 0 bridgehead atoms. The van der Waals surface area contributed by atoms with E-state index in [1.165, 1.54) is 20.3 Å². The molecule has 1 heterocycles. The van der Waals surface area contributed by atoms with Gasteiger partial charge in [0.2, 0.25) is 0 Å². The lowest BCUT2D eigenvalue weighted by atomic mass is 10.0. The maximum atomic E-state index is 12.2. The number of benzene rings is 1. The second kappa shape index (κ2) is 5.71. The molecule has 1 atom stereocenters. The van der Waals surface area contributed by atoms with Crippen LogP contribution in [0.1, 0.15) is 5.56 Å². The zero-order chi connectivity index (χ0) is 14.6. The molecule has 2 rings (SSSR count). The molecule has 0 spiro atoms. The van der Waals surface area contributed by atoms with Crippen molar-refractivity contribution in [2.75, 3.05) is 14.2 Å². The molecule has 0 radical (unpaired) electrons. The first kappa shape index (κ1) is 14.0. The number of methoxy groups -OCH3 is 2. The first-order chi connectivity index (χ1) is 9.61. The van der Waals surface area contributed by atoms with Crippen LogP contribution >= 0.6 is 0 Å². The number of cyclic esters (lactones) is 1. The zero-order valence-corrected chi connectivity index (χ0v) is 11.2. The van der Waals surface area contributed by atoms with Crippen molar-refractivity contribution >= 4 is 17.8 Å². The van der Waals surface area contributed by atoms with Gasteiger partial charge in [0.05, 0.1) is 13.2 Å². The predicted molar refractivity (Wildman–Crippen MR) is 71.4 cm³/mol. The quantitative estimate of drug-likeness (QED) is 0.782. The molecule has 0 saturated carbocycles. The molecule has 5 nitrogen and oxygen atoms in total. The molecule has 1 aromatic rings. The zero-order valence-electron chi connectivity index (χ0n) is 11.2. The number of carbonyl (C=O) groups excluding carboxylic acids is 2. The first-order valence-electron chi connectivity index (χ1n) is 5.94. The molecule has 0 fully saturated rings. The minimum absolute atomic E-state index is 0.0965. The number of hydrogen-bond donors (Lipinski definition) is 0. The maximum Gasteiger partial charge on any atom is 0.337 e. The van der Waals surface area contributed by atoms with E-state index in [9.17, 15) is 9.59 Å². The Bertz CT molecular complexity index is 573. The monoisotopic (exact) mass is 274 g/mol. The highest BCUT2D eigenvalue weighted by molar-refractivity contribution is 6.09. The van der Waals surface area contributed by atoms with Gasteiger partial charge >= 0.3 is 11.8 Å². The summed E-state index contributed by atoms with van der Waals surface area (Å²) in [6.07, 6.45) is 4.04. The van der Waals surface area contributed by atoms with Crippen molar-refractivity contribution in [3.8, 4) is 0 Å². The van der Waals surface area contributed by atoms with Gasteiger partial charge in [-0.15, -0.1) is 0 Å². The SMILES string of the molecule is COC1=CC(=O)O[C@](/C=C\c2ccccc2)(OC)C1=O. The lowest BCUT2D eigenvalue weighted by Crippen LogP contribution is -2.47. The van der Waals surface area contributed by atoms with Gasteiger partial charge in [0.1, 0.15) is 0 Å². The van der Waals surface area contributed by atoms with Crippen LogP contribution in [0.25, 0.3) is 6.08 Å². The number of carbonyl (C=O) groups is 2. The molecule has 5 heteroatoms. The van der Waals surface area contributed by atoms with Crippen LogP contribution < -0.4 is 0 Å². The highest BCUT2D eigenvalue weighted by Crippen LogP contribution is 2.26. The Balaban J connectivity index is 2.35. The number of ketones is 1. The van der Waals surface area contributed by atoms with Crippen molar-refractivity contribution in [1.82, 2.24) is 0 Å². The molecule has 0 unspecified atom stereocenters. The largest absolute Gasteiger partial charge is 0.492 e. The Morgan fingerprint density at radius 2 is 1.85 bits per heavy atom. The van der Waals surface area contributed by atoms with E-state index >= 15 is 0 Å². The Morgan fingerprint density at radius 1 is 1.15 bits per heavy atom. The van der Waals surface area contributed by atoms with Crippen LogP contribution in [0.2, 0.25) is 0 Å². The highest BCUT2D eigenvalue weighted by Gasteiger charge is 2.46. The van der Waals surface area contributed by atoms with Gasteiger partial charge in [-0.05, 0) is 11.6 Å². The van der Waals surface area contributed by atoms with Crippen LogP contribution in [-0.2, 0) is 23.8 Å². The number of ether oxygens (including phenoxy) is 3. The van der Waals surface area contributed by atoms with E-state index in [1.807, 2.05) is 30.3 Å². The Kier molecular flexibility index (Phi) is 4.00. The fourth-order valence-corrected chi connectivity index (χ4v) is 1.80. The van der Waals surface area contributed by atoms with E-state index in [0.29, 0.717) is 0 Å². The second-order valence-electron chi connectivity index (χ2n) is 4.08. The predicted octanol–water partition coefficient (Wildman–Crippen LogP) is 1.70. The van der Waals surface area contributed by atoms with Crippen LogP contribution in [0.5, 0.6) is 0 Å². The van der Waals surface area contributed by atoms with E-state index in [-0.39, 0.29) is 5.76 Å². The van der Waals surface area contributed by atoms with Crippen LogP contribution in [-0.4, -0.2) is 31.8 Å². The lowest BCUT2D eigenvalue weighted by Gasteiger charge is -2.30. The summed E-state index contributed by atoms with van der Waals surface area (Å²) in [5, 5.41) is 0. The summed E-state index contributed by atoms with van der Waals surface area (Å²) in [6.45, 7) is 0. The molecule has 104 valence electrons. The summed E-state index contributed by atoms with van der Waals surface area (Å²) in [7, 11) is 2.60. The molecule has 0 aliphatic carbocycles. The number of Topliss-reactive ketones (excluding diaryl/α,β-unsaturated/α-hetero) is 1. The molecule has 1 aliphatic rings. The Hall–Kier alpha value is -2.40. The molecule has 0 saturated heterocycles. The van der Waals surface area contributed by atoms with Crippen LogP contribution in [0.15, 0.2) is 48.2 Å². The third kappa shape index (κ3) is 2.62. The minimum atomic E-state index is -1.78. The third-order valence-corrected chi connectivity index (χ3v) is 2.86. The normalized spacial score (nSPS) is 22.6. The minimum Gasteiger partial charge on any atom is -0.492 e. The average Bonchev–Trinajstić information content (AvgIpc) is 2.49. The molecule has 20 heavy (non-hydrogen) atoms. The molecule has 1 aromatic carbocycles. The van der Waals surface area contributed by atoms with Crippen molar-refractivity contribution in [2.24, 2.45) is 0 Å². The summed E-state index contributed by atoms with van der Waals surface area (Å²) in [4.78, 5) is 23.7. The van der Waals surface area contributed by atoms with Gasteiger partial charge in [0.25, 0.3) is 5.78 Å². The number of hydrogen-bond acceptors (Lipinski definition) is 5. The molecule has 1 aliphatic heterocycles. The third-order valence-electron chi connectivity index (χ3n) is 2.86. The van der Waals surface area contributed by atoms with Crippen molar-refractivity contribution in [1.29, 1.82) is 0 Å². The highest BCUT2D eigenvalue weighted by atomic mass is 16.7. The van der Waals surface area contributed by atoms with E-state index < -0.39 is 17.5 Å². The topological polar surface area (TPSA) is 61.8 Å². The maximum absolute atomic E-state index is 12.2. The van der Waals surface area contributed by atoms with E-state index in [1.54, 1.807) is 6.08 Å². The average molecular weight is 274 g/mol. The van der Waals surface area contributed by atoms with Gasteiger partial charge in [0, 0.05) is 7.11 Å². The summed E-state index contributed by atoms with van der Waals surface area (Å²) < 4.78 is 15.0. The van der Waals surface area contributed by atoms with Crippen LogP contribution in [0.3, 0.4) is 0 Å². The van der Waals surface area contributed by atoms with Gasteiger partial charge < -0.3 is 14.2 Å². The molecular formula is C15H14O5. The standard InChI is InChI=1S/C15H14O5/c1-18-12-10-13(16)20-15(19-2,14(12)17)9-8-11-6-4-3-5-7-11/h3-10H,1-2H3/b9-8-/t15-/m0/s1. The number of rotatable bonds is 4. The van der Waals surface area contributed by atoms with Crippen molar-refractivity contribution in [3.63, 3.8) is 0 Å². The van der Waals surface area contributed by atoms with E-state index in [0.717, 1.165) is 11.6 Å². The number of esters is 1. The van der Waals surface area contributed by atoms with Crippen molar-refractivity contribution in [2.45, 2.75) is 5.79 Å². The summed E-state index contributed by atoms with van der Waals surface area (Å²) in [6, 6.07) is 9.29. The van der Waals surface area contributed by atoms with Gasteiger partial charge in [-0.2, -0.15) is 0 Å². The smallest absolute Gasteiger partial charge is 0.337 e. The fraction of sp³-hybridized carbons (Fsp3) is 0.200. The Morgan fingerprint density at radius 3 is 2.45 bits per heavy atom. The molecule has 0 aromatic heterocycles. The van der Waals surface area contributed by atoms with Crippen molar-refractivity contribution < 1.29 is 23.8 Å². The van der Waals surface area contributed by atoms with Gasteiger partial charge in [-0.3, -0.25) is 4.79 Å². The van der Waals surface area contributed by atoms with E-state index in [4.69, 9.17) is 14.2 Å².